The molecule has 0 aliphatic rings. The van der Waals surface area contributed by atoms with Gasteiger partial charge < -0.3 is 14.2 Å². The molecule has 2 atom stereocenters. The van der Waals surface area contributed by atoms with E-state index in [9.17, 15) is 19.2 Å². The van der Waals surface area contributed by atoms with Crippen LogP contribution in [0.2, 0.25) is 0 Å². The van der Waals surface area contributed by atoms with Crippen LogP contribution in [0.5, 0.6) is 0 Å². The van der Waals surface area contributed by atoms with Gasteiger partial charge in [-0.3, -0.25) is 19.2 Å². The molecule has 0 saturated carbocycles. The molecule has 0 rings (SSSR count). The normalized spacial score (nSPS) is 14.0. The number of ketones is 1. The number of unbranched alkanes of at least 4 members (excludes halogenated alkanes) is 5. The van der Waals surface area contributed by atoms with Gasteiger partial charge in [-0.15, -0.1) is 0 Å². The van der Waals surface area contributed by atoms with Gasteiger partial charge in [0.15, 0.2) is 0 Å². The summed E-state index contributed by atoms with van der Waals surface area (Å²) >= 11 is 0. The largest absolute Gasteiger partial charge is 0.466 e. The molecule has 0 bridgehead atoms. The van der Waals surface area contributed by atoms with Gasteiger partial charge in [-0.2, -0.15) is 0 Å². The maximum Gasteiger partial charge on any atom is 0.320 e. The monoisotopic (exact) mass is 498 g/mol. The molecule has 204 valence electrons. The van der Waals surface area contributed by atoms with Crippen molar-refractivity contribution in [3.8, 4) is 0 Å². The fourth-order valence-corrected chi connectivity index (χ4v) is 4.23. The van der Waals surface area contributed by atoms with Gasteiger partial charge in [-0.25, -0.2) is 0 Å². The Balaban J connectivity index is 5.21. The van der Waals surface area contributed by atoms with Crippen molar-refractivity contribution in [3.05, 3.63) is 0 Å². The Morgan fingerprint density at radius 2 is 1.37 bits per heavy atom. The van der Waals surface area contributed by atoms with E-state index in [1.807, 2.05) is 0 Å². The van der Waals surface area contributed by atoms with Crippen molar-refractivity contribution in [2.75, 3.05) is 6.61 Å². The topological polar surface area (TPSA) is 96.0 Å². The zero-order valence-electron chi connectivity index (χ0n) is 23.3. The van der Waals surface area contributed by atoms with Crippen molar-refractivity contribution >= 4 is 23.7 Å². The SMILES string of the molecule is CCCCCC(CCCC(CCCCCCC(=O)OCC)(C(C)=O)C(=O)OC(C)(C)C)OC(C)=O. The van der Waals surface area contributed by atoms with Crippen LogP contribution < -0.4 is 0 Å². The van der Waals surface area contributed by atoms with Crippen LogP contribution in [0.3, 0.4) is 0 Å². The second-order valence-electron chi connectivity index (χ2n) is 10.5. The molecule has 0 aromatic carbocycles. The highest BCUT2D eigenvalue weighted by molar-refractivity contribution is 6.02. The first kappa shape index (κ1) is 33.1. The van der Waals surface area contributed by atoms with Gasteiger partial charge in [0.1, 0.15) is 22.9 Å². The minimum absolute atomic E-state index is 0.187. The number of Topliss-reactive ketones (excluding diaryl/α,β-unsaturated/α-hetero) is 1. The van der Waals surface area contributed by atoms with Crippen LogP contribution in [0.4, 0.5) is 0 Å². The smallest absolute Gasteiger partial charge is 0.320 e. The predicted octanol–water partition coefficient (Wildman–Crippen LogP) is 6.49. The molecule has 35 heavy (non-hydrogen) atoms. The van der Waals surface area contributed by atoms with Crippen molar-refractivity contribution in [3.63, 3.8) is 0 Å². The molecule has 7 heteroatoms. The van der Waals surface area contributed by atoms with Gasteiger partial charge in [0, 0.05) is 13.3 Å². The number of rotatable bonds is 19. The minimum Gasteiger partial charge on any atom is -0.466 e. The van der Waals surface area contributed by atoms with Crippen molar-refractivity contribution in [1.82, 2.24) is 0 Å². The quantitative estimate of drug-likeness (QED) is 0.0869. The van der Waals surface area contributed by atoms with E-state index in [-0.39, 0.29) is 23.8 Å². The number of carbonyl (C=O) groups excluding carboxylic acids is 4. The summed E-state index contributed by atoms with van der Waals surface area (Å²) in [6, 6.07) is 0. The van der Waals surface area contributed by atoms with Crippen LogP contribution in [-0.4, -0.2) is 42.0 Å². The molecule has 0 saturated heterocycles. The zero-order chi connectivity index (χ0) is 26.9. The highest BCUT2D eigenvalue weighted by atomic mass is 16.6. The molecule has 0 aromatic heterocycles. The molecular weight excluding hydrogens is 448 g/mol. The van der Waals surface area contributed by atoms with Crippen LogP contribution in [0.25, 0.3) is 0 Å². The maximum atomic E-state index is 13.3. The Morgan fingerprint density at radius 3 is 1.91 bits per heavy atom. The molecule has 0 heterocycles. The molecule has 0 N–H and O–H groups in total. The lowest BCUT2D eigenvalue weighted by Crippen LogP contribution is -2.43. The van der Waals surface area contributed by atoms with E-state index in [4.69, 9.17) is 14.2 Å². The lowest BCUT2D eigenvalue weighted by molar-refractivity contribution is -0.171. The highest BCUT2D eigenvalue weighted by Gasteiger charge is 2.45. The molecule has 0 spiro atoms. The second-order valence-corrected chi connectivity index (χ2v) is 10.5. The van der Waals surface area contributed by atoms with E-state index in [0.29, 0.717) is 45.1 Å². The third kappa shape index (κ3) is 14.9. The van der Waals surface area contributed by atoms with Crippen molar-refractivity contribution in [2.45, 2.75) is 144 Å². The number of esters is 3. The first-order valence-corrected chi connectivity index (χ1v) is 13.4. The summed E-state index contributed by atoms with van der Waals surface area (Å²) in [5, 5.41) is 0. The van der Waals surface area contributed by atoms with Crippen LogP contribution >= 0.6 is 0 Å². The summed E-state index contributed by atoms with van der Waals surface area (Å²) < 4.78 is 16.1. The van der Waals surface area contributed by atoms with Crippen molar-refractivity contribution in [2.24, 2.45) is 5.41 Å². The molecule has 0 fully saturated rings. The predicted molar refractivity (Wildman–Crippen MR) is 137 cm³/mol. The van der Waals surface area contributed by atoms with E-state index in [1.165, 1.54) is 13.8 Å². The Labute approximate surface area is 213 Å². The van der Waals surface area contributed by atoms with Crippen LogP contribution in [-0.2, 0) is 33.4 Å². The summed E-state index contributed by atoms with van der Waals surface area (Å²) in [5.41, 5.74) is -1.91. The summed E-state index contributed by atoms with van der Waals surface area (Å²) in [4.78, 5) is 49.2. The zero-order valence-corrected chi connectivity index (χ0v) is 23.3. The van der Waals surface area contributed by atoms with Gasteiger partial charge in [-0.05, 0) is 79.6 Å². The number of ether oxygens (including phenoxy) is 3. The molecule has 0 aromatic rings. The molecule has 0 amide bonds. The highest BCUT2D eigenvalue weighted by Crippen LogP contribution is 2.36. The average molecular weight is 499 g/mol. The molecule has 2 unspecified atom stereocenters. The number of carbonyl (C=O) groups is 4. The van der Waals surface area contributed by atoms with E-state index in [1.54, 1.807) is 27.7 Å². The molecule has 7 nitrogen and oxygen atoms in total. The van der Waals surface area contributed by atoms with Gasteiger partial charge in [-0.1, -0.05) is 39.0 Å². The summed E-state index contributed by atoms with van der Waals surface area (Å²) in [5.74, 6) is -1.16. The third-order valence-corrected chi connectivity index (χ3v) is 6.10. The molecule has 0 aliphatic carbocycles. The summed E-state index contributed by atoms with van der Waals surface area (Å²) in [6.07, 6.45) is 9.11. The molecular formula is C28H50O7. The Hall–Kier alpha value is -1.92. The van der Waals surface area contributed by atoms with E-state index in [2.05, 4.69) is 6.92 Å². The maximum absolute atomic E-state index is 13.3. The molecule has 0 radical (unpaired) electrons. The second kappa shape index (κ2) is 17.5. The lowest BCUT2D eigenvalue weighted by atomic mass is 9.74. The lowest BCUT2D eigenvalue weighted by Gasteiger charge is -2.33. The van der Waals surface area contributed by atoms with E-state index < -0.39 is 17.0 Å². The Kier molecular flexibility index (Phi) is 16.5. The first-order valence-electron chi connectivity index (χ1n) is 13.4. The van der Waals surface area contributed by atoms with Gasteiger partial charge >= 0.3 is 17.9 Å². The molecule has 0 aliphatic heterocycles. The Bertz CT molecular complexity index is 650. The van der Waals surface area contributed by atoms with Gasteiger partial charge in [0.25, 0.3) is 0 Å². The van der Waals surface area contributed by atoms with Crippen LogP contribution in [0.1, 0.15) is 132 Å². The minimum atomic E-state index is -1.21. The average Bonchev–Trinajstić information content (AvgIpc) is 2.73. The fraction of sp³-hybridized carbons (Fsp3) is 0.857. The summed E-state index contributed by atoms with van der Waals surface area (Å²) in [6.45, 7) is 12.6. The Morgan fingerprint density at radius 1 is 0.771 bits per heavy atom. The van der Waals surface area contributed by atoms with E-state index in [0.717, 1.165) is 44.9 Å². The number of hydrogen-bond acceptors (Lipinski definition) is 7. The van der Waals surface area contributed by atoms with Crippen LogP contribution in [0, 0.1) is 5.41 Å². The summed E-state index contributed by atoms with van der Waals surface area (Å²) in [7, 11) is 0. The van der Waals surface area contributed by atoms with Gasteiger partial charge in [0.2, 0.25) is 0 Å². The number of hydrogen-bond donors (Lipinski definition) is 0. The first-order chi connectivity index (χ1) is 16.4. The van der Waals surface area contributed by atoms with Crippen LogP contribution in [0.15, 0.2) is 0 Å². The van der Waals surface area contributed by atoms with Crippen molar-refractivity contribution < 1.29 is 33.4 Å². The third-order valence-electron chi connectivity index (χ3n) is 6.10. The standard InChI is InChI=1S/C28H50O7/c1-8-10-13-17-24(34-23(4)30)18-16-21-28(22(3)29,26(32)35-27(5,6)7)20-15-12-11-14-19-25(31)33-9-2/h24H,8-21H2,1-7H3. The van der Waals surface area contributed by atoms with Gasteiger partial charge in [0.05, 0.1) is 6.61 Å². The fourth-order valence-electron chi connectivity index (χ4n) is 4.23. The van der Waals surface area contributed by atoms with E-state index >= 15 is 0 Å². The van der Waals surface area contributed by atoms with Crippen molar-refractivity contribution in [1.29, 1.82) is 0 Å².